The van der Waals surface area contributed by atoms with Gasteiger partial charge in [-0.1, -0.05) is 6.07 Å². The number of carbonyl (C=O) groups excluding carboxylic acids is 1. The van der Waals surface area contributed by atoms with Crippen molar-refractivity contribution in [3.8, 4) is 11.8 Å². The van der Waals surface area contributed by atoms with Crippen molar-refractivity contribution in [3.05, 3.63) is 46.9 Å². The smallest absolute Gasteiger partial charge is 0.310 e. The zero-order chi connectivity index (χ0) is 22.1. The van der Waals surface area contributed by atoms with Crippen molar-refractivity contribution in [3.63, 3.8) is 0 Å². The van der Waals surface area contributed by atoms with Crippen molar-refractivity contribution >= 4 is 11.7 Å². The summed E-state index contributed by atoms with van der Waals surface area (Å²) in [6.07, 6.45) is -3.87. The van der Waals surface area contributed by atoms with E-state index in [0.29, 0.717) is 29.9 Å². The number of carbonyl (C=O) groups is 1. The average molecular weight is 422 g/mol. The van der Waals surface area contributed by atoms with Crippen LogP contribution in [-0.4, -0.2) is 41.2 Å². The van der Waals surface area contributed by atoms with E-state index >= 15 is 0 Å². The fraction of sp³-hybridized carbons (Fsp3) is 0.429. The Balaban J connectivity index is 1.85. The molecule has 1 N–H and O–H groups in total. The topological polar surface area (TPSA) is 61.1 Å². The Kier molecular flexibility index (Phi) is 6.17. The monoisotopic (exact) mass is 422 g/mol. The maximum absolute atomic E-state index is 13.7. The molecule has 1 aromatic carbocycles. The third kappa shape index (κ3) is 4.49. The normalized spacial score (nSPS) is 17.6. The fourth-order valence-electron chi connectivity index (χ4n) is 3.84. The van der Waals surface area contributed by atoms with Gasteiger partial charge in [0.1, 0.15) is 17.7 Å². The van der Waals surface area contributed by atoms with Crippen molar-refractivity contribution < 1.29 is 22.4 Å². The van der Waals surface area contributed by atoms with Gasteiger partial charge in [-0.3, -0.25) is 14.3 Å². The molecule has 0 radical (unpaired) electrons. The highest BCUT2D eigenvalue weighted by molar-refractivity contribution is 5.93. The first-order valence-electron chi connectivity index (χ1n) is 9.58. The fourth-order valence-corrected chi connectivity index (χ4v) is 3.84. The van der Waals surface area contributed by atoms with Crippen LogP contribution in [0.1, 0.15) is 29.7 Å². The molecule has 2 heterocycles. The highest BCUT2D eigenvalue weighted by Crippen LogP contribution is 2.33. The van der Waals surface area contributed by atoms with Gasteiger partial charge in [0.15, 0.2) is 0 Å². The van der Waals surface area contributed by atoms with Crippen LogP contribution in [0.4, 0.5) is 23.4 Å². The Morgan fingerprint density at radius 3 is 2.70 bits per heavy atom. The van der Waals surface area contributed by atoms with E-state index in [4.69, 9.17) is 0 Å². The molecule has 0 bridgehead atoms. The van der Waals surface area contributed by atoms with Gasteiger partial charge in [-0.05, 0) is 57.0 Å². The minimum absolute atomic E-state index is 0.0566. The number of amides is 1. The predicted octanol–water partition coefficient (Wildman–Crippen LogP) is 4.32. The number of aromatic nitrogens is 1. The average Bonchev–Trinajstić information content (AvgIpc) is 2.90. The molecule has 1 unspecified atom stereocenters. The summed E-state index contributed by atoms with van der Waals surface area (Å²) in [5.74, 6) is -2.26. The van der Waals surface area contributed by atoms with Crippen LogP contribution >= 0.6 is 0 Å². The second-order valence-corrected chi connectivity index (χ2v) is 7.53. The lowest BCUT2D eigenvalue weighted by molar-refractivity contribution is -0.186. The molecule has 1 saturated heterocycles. The molecule has 1 aliphatic rings. The summed E-state index contributed by atoms with van der Waals surface area (Å²) in [7, 11) is 0. The van der Waals surface area contributed by atoms with E-state index in [9.17, 15) is 27.6 Å². The van der Waals surface area contributed by atoms with Crippen molar-refractivity contribution in [2.24, 2.45) is 5.92 Å². The molecule has 1 amide bonds. The van der Waals surface area contributed by atoms with Gasteiger partial charge in [-0.15, -0.1) is 0 Å². The number of likely N-dealkylation sites (tertiary alicyclic amines) is 1. The van der Waals surface area contributed by atoms with Crippen LogP contribution in [0, 0.1) is 36.9 Å². The number of piperidine rings is 1. The molecule has 2 aromatic rings. The van der Waals surface area contributed by atoms with Crippen LogP contribution in [0.3, 0.4) is 0 Å². The van der Waals surface area contributed by atoms with Crippen LogP contribution in [0.25, 0.3) is 5.69 Å². The van der Waals surface area contributed by atoms with Crippen molar-refractivity contribution in [1.29, 1.82) is 5.26 Å². The number of nitrogens with one attached hydrogen (secondary N) is 1. The number of halogens is 4. The van der Waals surface area contributed by atoms with Gasteiger partial charge >= 0.3 is 6.18 Å². The Hall–Kier alpha value is -2.86. The molecular formula is C21H22F4N4O. The van der Waals surface area contributed by atoms with E-state index in [1.54, 1.807) is 24.5 Å². The number of hydrogen-bond acceptors (Lipinski definition) is 3. The molecule has 1 aromatic heterocycles. The molecule has 1 atom stereocenters. The first-order valence-corrected chi connectivity index (χ1v) is 9.58. The highest BCUT2D eigenvalue weighted by Gasteiger charge is 2.42. The van der Waals surface area contributed by atoms with Crippen LogP contribution < -0.4 is 5.32 Å². The summed E-state index contributed by atoms with van der Waals surface area (Å²) in [5, 5.41) is 12.2. The molecular weight excluding hydrogens is 400 g/mol. The number of benzene rings is 1. The quantitative estimate of drug-likeness (QED) is 0.747. The number of alkyl halides is 3. The second-order valence-electron chi connectivity index (χ2n) is 7.53. The third-order valence-corrected chi connectivity index (χ3v) is 5.49. The number of rotatable bonds is 4. The largest absolute Gasteiger partial charge is 0.393 e. The van der Waals surface area contributed by atoms with Gasteiger partial charge in [-0.25, -0.2) is 4.39 Å². The van der Waals surface area contributed by atoms with Crippen molar-refractivity contribution in [2.75, 3.05) is 25.0 Å². The van der Waals surface area contributed by atoms with Crippen molar-refractivity contribution in [2.45, 2.75) is 32.9 Å². The molecule has 5 nitrogen and oxygen atoms in total. The minimum atomic E-state index is -4.29. The number of anilines is 1. The Bertz CT molecular complexity index is 990. The van der Waals surface area contributed by atoms with Gasteiger partial charge < -0.3 is 5.32 Å². The van der Waals surface area contributed by atoms with Crippen LogP contribution in [0.2, 0.25) is 0 Å². The van der Waals surface area contributed by atoms with Gasteiger partial charge in [0.25, 0.3) is 0 Å². The van der Waals surface area contributed by atoms with Crippen molar-refractivity contribution in [1.82, 2.24) is 9.47 Å². The lowest BCUT2D eigenvalue weighted by Gasteiger charge is -2.33. The summed E-state index contributed by atoms with van der Waals surface area (Å²) in [6, 6.07) is 7.78. The maximum Gasteiger partial charge on any atom is 0.393 e. The van der Waals surface area contributed by atoms with Gasteiger partial charge in [0.2, 0.25) is 5.91 Å². The van der Waals surface area contributed by atoms with Gasteiger partial charge in [-0.2, -0.15) is 18.4 Å². The second kappa shape index (κ2) is 8.48. The molecule has 0 spiro atoms. The van der Waals surface area contributed by atoms with E-state index in [-0.39, 0.29) is 30.9 Å². The lowest BCUT2D eigenvalue weighted by Crippen LogP contribution is -2.44. The first kappa shape index (κ1) is 21.8. The molecule has 9 heteroatoms. The molecule has 160 valence electrons. The summed E-state index contributed by atoms with van der Waals surface area (Å²) in [5.41, 5.74) is 1.95. The number of nitrogens with zero attached hydrogens (tertiary/aromatic N) is 3. The van der Waals surface area contributed by atoms with E-state index in [2.05, 4.69) is 11.4 Å². The maximum atomic E-state index is 13.7. The molecule has 1 fully saturated rings. The predicted molar refractivity (Wildman–Crippen MR) is 104 cm³/mol. The van der Waals surface area contributed by atoms with Gasteiger partial charge in [0.05, 0.1) is 23.7 Å². The lowest BCUT2D eigenvalue weighted by atomic mass is 9.97. The standard InChI is InChI=1S/C21H22F4N4O/c1-13-14(2)29(17-7-3-6-16(22)9-17)20(18(13)10-26)27-19(30)12-28-8-4-5-15(11-28)21(23,24)25/h3,6-7,9,15H,4-5,8,11-12H2,1-2H3,(H,27,30). The Morgan fingerprint density at radius 2 is 2.07 bits per heavy atom. The van der Waals surface area contributed by atoms with E-state index in [0.717, 1.165) is 0 Å². The Labute approximate surface area is 171 Å². The van der Waals surface area contributed by atoms with Gasteiger partial charge in [0, 0.05) is 12.2 Å². The first-order chi connectivity index (χ1) is 14.1. The van der Waals surface area contributed by atoms with E-state index in [1.807, 2.05) is 0 Å². The SMILES string of the molecule is Cc1c(C#N)c(NC(=O)CN2CCCC(C(F)(F)F)C2)n(-c2cccc(F)c2)c1C. The van der Waals surface area contributed by atoms with Crippen LogP contribution in [0.15, 0.2) is 24.3 Å². The Morgan fingerprint density at radius 1 is 1.33 bits per heavy atom. The molecule has 1 aliphatic heterocycles. The summed E-state index contributed by atoms with van der Waals surface area (Å²) in [4.78, 5) is 14.1. The molecule has 3 rings (SSSR count). The third-order valence-electron chi connectivity index (χ3n) is 5.49. The summed E-state index contributed by atoms with van der Waals surface area (Å²) < 4.78 is 54.4. The number of nitriles is 1. The zero-order valence-electron chi connectivity index (χ0n) is 16.7. The minimum Gasteiger partial charge on any atom is -0.310 e. The summed E-state index contributed by atoms with van der Waals surface area (Å²) >= 11 is 0. The zero-order valence-corrected chi connectivity index (χ0v) is 16.7. The molecule has 0 saturated carbocycles. The van der Waals surface area contributed by atoms with Crippen LogP contribution in [-0.2, 0) is 4.79 Å². The summed E-state index contributed by atoms with van der Waals surface area (Å²) in [6.45, 7) is 3.41. The van der Waals surface area contributed by atoms with E-state index < -0.39 is 23.8 Å². The number of hydrogen-bond donors (Lipinski definition) is 1. The van der Waals surface area contributed by atoms with Crippen LogP contribution in [0.5, 0.6) is 0 Å². The van der Waals surface area contributed by atoms with E-state index in [1.165, 1.54) is 23.1 Å². The molecule has 0 aliphatic carbocycles. The highest BCUT2D eigenvalue weighted by atomic mass is 19.4. The molecule has 30 heavy (non-hydrogen) atoms.